The summed E-state index contributed by atoms with van der Waals surface area (Å²) in [6, 6.07) is 6.26. The number of benzene rings is 1. The molecule has 0 N–H and O–H groups in total. The van der Waals surface area contributed by atoms with Crippen molar-refractivity contribution in [3.05, 3.63) is 29.3 Å². The molecule has 0 aliphatic carbocycles. The van der Waals surface area contributed by atoms with E-state index in [0.29, 0.717) is 11.8 Å². The SMILES string of the molecule is Cc1ccc(C(C)C)cc1OC(C)C(=O)N1CCC(C)C1. The van der Waals surface area contributed by atoms with Crippen molar-refractivity contribution in [1.82, 2.24) is 4.90 Å². The Morgan fingerprint density at radius 3 is 2.62 bits per heavy atom. The predicted molar refractivity (Wildman–Crippen MR) is 85.7 cm³/mol. The van der Waals surface area contributed by atoms with Crippen LogP contribution in [-0.4, -0.2) is 30.0 Å². The Hall–Kier alpha value is -1.51. The minimum atomic E-state index is -0.420. The topological polar surface area (TPSA) is 29.5 Å². The van der Waals surface area contributed by atoms with E-state index in [1.165, 1.54) is 5.56 Å². The third kappa shape index (κ3) is 3.78. The van der Waals surface area contributed by atoms with Crippen molar-refractivity contribution in [2.45, 2.75) is 53.1 Å². The van der Waals surface area contributed by atoms with E-state index >= 15 is 0 Å². The smallest absolute Gasteiger partial charge is 0.263 e. The van der Waals surface area contributed by atoms with Crippen LogP contribution in [0.4, 0.5) is 0 Å². The number of amides is 1. The molecule has 1 fully saturated rings. The zero-order valence-electron chi connectivity index (χ0n) is 13.8. The summed E-state index contributed by atoms with van der Waals surface area (Å²) in [4.78, 5) is 14.4. The van der Waals surface area contributed by atoms with Gasteiger partial charge in [-0.15, -0.1) is 0 Å². The molecular formula is C18H27NO2. The first-order valence-corrected chi connectivity index (χ1v) is 7.94. The first-order chi connectivity index (χ1) is 9.88. The standard InChI is InChI=1S/C18H27NO2/c1-12(2)16-7-6-14(4)17(10-16)21-15(5)18(20)19-9-8-13(3)11-19/h6-7,10,12-13,15H,8-9,11H2,1-5H3. The Morgan fingerprint density at radius 2 is 2.05 bits per heavy atom. The molecule has 0 radical (unpaired) electrons. The van der Waals surface area contributed by atoms with E-state index in [1.54, 1.807) is 0 Å². The number of carbonyl (C=O) groups excluding carboxylic acids is 1. The minimum absolute atomic E-state index is 0.105. The summed E-state index contributed by atoms with van der Waals surface area (Å²) in [5.41, 5.74) is 2.32. The number of aryl methyl sites for hydroxylation is 1. The zero-order valence-corrected chi connectivity index (χ0v) is 13.8. The molecule has 1 heterocycles. The fourth-order valence-corrected chi connectivity index (χ4v) is 2.74. The quantitative estimate of drug-likeness (QED) is 0.844. The van der Waals surface area contributed by atoms with Gasteiger partial charge in [0.2, 0.25) is 0 Å². The third-order valence-corrected chi connectivity index (χ3v) is 4.27. The second-order valence-electron chi connectivity index (χ2n) is 6.62. The molecule has 1 aromatic carbocycles. The summed E-state index contributed by atoms with van der Waals surface area (Å²) in [5, 5.41) is 0. The van der Waals surface area contributed by atoms with Gasteiger partial charge < -0.3 is 9.64 Å². The maximum absolute atomic E-state index is 12.4. The van der Waals surface area contributed by atoms with E-state index in [0.717, 1.165) is 30.8 Å². The van der Waals surface area contributed by atoms with Gasteiger partial charge >= 0.3 is 0 Å². The maximum Gasteiger partial charge on any atom is 0.263 e. The average molecular weight is 289 g/mol. The van der Waals surface area contributed by atoms with Gasteiger partial charge in [0.15, 0.2) is 6.10 Å². The van der Waals surface area contributed by atoms with Crippen LogP contribution in [0.25, 0.3) is 0 Å². The van der Waals surface area contributed by atoms with Crippen LogP contribution in [0, 0.1) is 12.8 Å². The fraction of sp³-hybridized carbons (Fsp3) is 0.611. The number of rotatable bonds is 4. The Morgan fingerprint density at radius 1 is 1.33 bits per heavy atom. The summed E-state index contributed by atoms with van der Waals surface area (Å²) < 4.78 is 5.95. The Labute approximate surface area is 128 Å². The van der Waals surface area contributed by atoms with Gasteiger partial charge in [-0.1, -0.05) is 32.9 Å². The molecule has 0 aromatic heterocycles. The molecular weight excluding hydrogens is 262 g/mol. The molecule has 2 rings (SSSR count). The van der Waals surface area contributed by atoms with Crippen molar-refractivity contribution in [1.29, 1.82) is 0 Å². The number of likely N-dealkylation sites (tertiary alicyclic amines) is 1. The zero-order chi connectivity index (χ0) is 15.6. The average Bonchev–Trinajstić information content (AvgIpc) is 2.86. The van der Waals surface area contributed by atoms with Gasteiger partial charge in [-0.25, -0.2) is 0 Å². The summed E-state index contributed by atoms with van der Waals surface area (Å²) in [5.74, 6) is 1.99. The molecule has 3 heteroatoms. The molecule has 2 atom stereocenters. The summed E-state index contributed by atoms with van der Waals surface area (Å²) >= 11 is 0. The van der Waals surface area contributed by atoms with Crippen molar-refractivity contribution in [2.75, 3.05) is 13.1 Å². The van der Waals surface area contributed by atoms with Crippen LogP contribution in [0.5, 0.6) is 5.75 Å². The summed E-state index contributed by atoms with van der Waals surface area (Å²) in [6.07, 6.45) is 0.678. The van der Waals surface area contributed by atoms with Crippen LogP contribution in [0.2, 0.25) is 0 Å². The Bertz CT molecular complexity index is 510. The Balaban J connectivity index is 2.06. The van der Waals surface area contributed by atoms with E-state index in [2.05, 4.69) is 39.0 Å². The van der Waals surface area contributed by atoms with Crippen molar-refractivity contribution in [2.24, 2.45) is 5.92 Å². The number of nitrogens with zero attached hydrogens (tertiary/aromatic N) is 1. The lowest BCUT2D eigenvalue weighted by Gasteiger charge is -2.23. The molecule has 21 heavy (non-hydrogen) atoms. The van der Waals surface area contributed by atoms with E-state index in [9.17, 15) is 4.79 Å². The van der Waals surface area contributed by atoms with Gasteiger partial charge in [0, 0.05) is 13.1 Å². The first kappa shape index (κ1) is 15.9. The monoisotopic (exact) mass is 289 g/mol. The molecule has 1 aliphatic rings. The van der Waals surface area contributed by atoms with Crippen LogP contribution in [0.3, 0.4) is 0 Å². The van der Waals surface area contributed by atoms with Gasteiger partial charge in [-0.3, -0.25) is 4.79 Å². The molecule has 0 saturated carbocycles. The highest BCUT2D eigenvalue weighted by molar-refractivity contribution is 5.81. The molecule has 0 spiro atoms. The van der Waals surface area contributed by atoms with Gasteiger partial charge in [0.05, 0.1) is 0 Å². The van der Waals surface area contributed by atoms with Crippen LogP contribution < -0.4 is 4.74 Å². The fourth-order valence-electron chi connectivity index (χ4n) is 2.74. The van der Waals surface area contributed by atoms with E-state index in [-0.39, 0.29) is 5.91 Å². The summed E-state index contributed by atoms with van der Waals surface area (Å²) in [7, 11) is 0. The lowest BCUT2D eigenvalue weighted by atomic mass is 10.0. The van der Waals surface area contributed by atoms with E-state index in [1.807, 2.05) is 18.7 Å². The third-order valence-electron chi connectivity index (χ3n) is 4.27. The minimum Gasteiger partial charge on any atom is -0.481 e. The number of hydrogen-bond donors (Lipinski definition) is 0. The number of hydrogen-bond acceptors (Lipinski definition) is 2. The number of ether oxygens (including phenoxy) is 1. The normalized spacial score (nSPS) is 19.9. The molecule has 1 amide bonds. The van der Waals surface area contributed by atoms with Crippen molar-refractivity contribution >= 4 is 5.91 Å². The summed E-state index contributed by atoms with van der Waals surface area (Å²) in [6.45, 7) is 12.1. The van der Waals surface area contributed by atoms with Crippen LogP contribution in [-0.2, 0) is 4.79 Å². The van der Waals surface area contributed by atoms with Crippen LogP contribution in [0.15, 0.2) is 18.2 Å². The highest BCUT2D eigenvalue weighted by atomic mass is 16.5. The van der Waals surface area contributed by atoms with Gasteiger partial charge in [-0.05, 0) is 49.3 Å². The maximum atomic E-state index is 12.4. The number of carbonyl (C=O) groups is 1. The second-order valence-corrected chi connectivity index (χ2v) is 6.62. The molecule has 0 bridgehead atoms. The first-order valence-electron chi connectivity index (χ1n) is 7.94. The largest absolute Gasteiger partial charge is 0.481 e. The van der Waals surface area contributed by atoms with Crippen LogP contribution in [0.1, 0.15) is 51.2 Å². The van der Waals surface area contributed by atoms with Crippen molar-refractivity contribution in [3.8, 4) is 5.75 Å². The molecule has 116 valence electrons. The second kappa shape index (κ2) is 6.50. The molecule has 1 aromatic rings. The van der Waals surface area contributed by atoms with Gasteiger partial charge in [0.25, 0.3) is 5.91 Å². The van der Waals surface area contributed by atoms with E-state index < -0.39 is 6.10 Å². The Kier molecular flexibility index (Phi) is 4.92. The molecule has 3 nitrogen and oxygen atoms in total. The predicted octanol–water partition coefficient (Wildman–Crippen LogP) is 3.75. The lowest BCUT2D eigenvalue weighted by molar-refractivity contribution is -0.137. The molecule has 1 saturated heterocycles. The highest BCUT2D eigenvalue weighted by Crippen LogP contribution is 2.26. The van der Waals surface area contributed by atoms with Crippen molar-refractivity contribution in [3.63, 3.8) is 0 Å². The lowest BCUT2D eigenvalue weighted by Crippen LogP contribution is -2.39. The molecule has 2 unspecified atom stereocenters. The highest BCUT2D eigenvalue weighted by Gasteiger charge is 2.28. The molecule has 1 aliphatic heterocycles. The van der Waals surface area contributed by atoms with Crippen LogP contribution >= 0.6 is 0 Å². The van der Waals surface area contributed by atoms with Gasteiger partial charge in [-0.2, -0.15) is 0 Å². The van der Waals surface area contributed by atoms with Crippen molar-refractivity contribution < 1.29 is 9.53 Å². The van der Waals surface area contributed by atoms with E-state index in [4.69, 9.17) is 4.74 Å². The van der Waals surface area contributed by atoms with Gasteiger partial charge in [0.1, 0.15) is 5.75 Å².